The van der Waals surface area contributed by atoms with Gasteiger partial charge in [0, 0.05) is 31.7 Å². The van der Waals surface area contributed by atoms with Gasteiger partial charge >= 0.3 is 0 Å². The molecule has 4 aromatic carbocycles. The Labute approximate surface area is 363 Å². The highest BCUT2D eigenvalue weighted by Gasteiger charge is 2.31. The molecule has 1 aliphatic rings. The van der Waals surface area contributed by atoms with Crippen molar-refractivity contribution in [2.75, 3.05) is 19.6 Å². The maximum atomic E-state index is 14.7. The number of carbonyl (C=O) groups is 3. The molecule has 318 valence electrons. The lowest BCUT2D eigenvalue weighted by Crippen LogP contribution is -2.37. The van der Waals surface area contributed by atoms with Crippen LogP contribution in [0.25, 0.3) is 16.5 Å². The number of hydrogen-bond donors (Lipinski definition) is 1. The second kappa shape index (κ2) is 20.2. The van der Waals surface area contributed by atoms with Gasteiger partial charge in [-0.25, -0.2) is 8.89 Å². The molecule has 9 nitrogen and oxygen atoms in total. The second-order valence-corrected chi connectivity index (χ2v) is 18.4. The first kappa shape index (κ1) is 44.7. The summed E-state index contributed by atoms with van der Waals surface area (Å²) < 4.78 is 17.7. The number of unbranched alkanes of at least 4 members (excludes halogenated alkanes) is 3. The first-order valence-electron chi connectivity index (χ1n) is 21.6. The second-order valence-electron chi connectivity index (χ2n) is 16.8. The Morgan fingerprint density at radius 3 is 2.25 bits per heavy atom. The number of aromatic nitrogens is 2. The van der Waals surface area contributed by atoms with E-state index in [2.05, 4.69) is 38.5 Å². The maximum Gasteiger partial charge on any atom is 0.275 e. The molecule has 0 fully saturated rings. The average Bonchev–Trinajstić information content (AvgIpc) is 3.56. The summed E-state index contributed by atoms with van der Waals surface area (Å²) in [5, 5.41) is 7.00. The molecule has 2 heterocycles. The molecule has 0 saturated carbocycles. The van der Waals surface area contributed by atoms with Crippen LogP contribution >= 0.6 is 11.6 Å². The Morgan fingerprint density at radius 2 is 1.53 bits per heavy atom. The van der Waals surface area contributed by atoms with Crippen molar-refractivity contribution in [3.05, 3.63) is 123 Å². The molecule has 6 rings (SSSR count). The Hall–Kier alpha value is -4.80. The molecule has 5 aromatic rings. The molecule has 1 atom stereocenters. The Bertz CT molecular complexity index is 2370. The number of carbonyl (C=O) groups excluding carboxylic acids is 3. The molecule has 1 unspecified atom stereocenters. The molecule has 1 aromatic heterocycles. The molecular weight excluding hydrogens is 790 g/mol. The van der Waals surface area contributed by atoms with Gasteiger partial charge in [0.05, 0.1) is 26.9 Å². The summed E-state index contributed by atoms with van der Waals surface area (Å²) in [4.78, 5) is 47.0. The van der Waals surface area contributed by atoms with Crippen LogP contribution in [-0.2, 0) is 24.0 Å². The number of nitrogens with one attached hydrogen (secondary N) is 1. The van der Waals surface area contributed by atoms with Crippen LogP contribution in [-0.4, -0.2) is 61.1 Å². The summed E-state index contributed by atoms with van der Waals surface area (Å²) in [6, 6.07) is 24.3. The van der Waals surface area contributed by atoms with Gasteiger partial charge in [0.25, 0.3) is 17.7 Å². The van der Waals surface area contributed by atoms with E-state index in [-0.39, 0.29) is 39.1 Å². The quantitative estimate of drug-likeness (QED) is 0.0945. The van der Waals surface area contributed by atoms with E-state index >= 15 is 0 Å². The summed E-state index contributed by atoms with van der Waals surface area (Å²) in [7, 11) is -1.86. The molecule has 0 radical (unpaired) electrons. The molecule has 11 heteroatoms. The third-order valence-corrected chi connectivity index (χ3v) is 13.6. The van der Waals surface area contributed by atoms with Crippen LogP contribution < -0.4 is 4.72 Å². The van der Waals surface area contributed by atoms with Crippen molar-refractivity contribution in [1.29, 1.82) is 0 Å². The lowest BCUT2D eigenvalue weighted by atomic mass is 9.77. The minimum Gasteiger partial charge on any atom is -0.337 e. The maximum absolute atomic E-state index is 14.7. The van der Waals surface area contributed by atoms with Crippen LogP contribution in [0.1, 0.15) is 139 Å². The number of halogens is 1. The zero-order valence-electron chi connectivity index (χ0n) is 36.1. The topological polar surface area (TPSA) is 105 Å². The summed E-state index contributed by atoms with van der Waals surface area (Å²) in [6.07, 6.45) is 10.2. The number of benzene rings is 4. The number of aryl methyl sites for hydroxylation is 1. The summed E-state index contributed by atoms with van der Waals surface area (Å²) in [6.45, 7) is 14.8. The van der Waals surface area contributed by atoms with E-state index in [1.807, 2.05) is 60.4 Å². The van der Waals surface area contributed by atoms with Gasteiger partial charge < -0.3 is 9.80 Å². The third-order valence-electron chi connectivity index (χ3n) is 12.1. The van der Waals surface area contributed by atoms with Crippen LogP contribution in [0.5, 0.6) is 0 Å². The minimum absolute atomic E-state index is 0.134. The van der Waals surface area contributed by atoms with Crippen molar-refractivity contribution in [2.45, 2.75) is 117 Å². The fraction of sp³-hybridized carbons (Fsp3) is 0.429. The molecular formula is C49H60ClN5O4S. The Kier molecular flexibility index (Phi) is 15.0. The minimum atomic E-state index is -1.86. The van der Waals surface area contributed by atoms with E-state index in [9.17, 15) is 18.6 Å². The number of rotatable bonds is 18. The SMILES string of the molecule is CCCCN(CCC(C)(CCCC)CCCC)C(=O)c1nn(-c2ccc(C(=O)NS(=O)c3ccc4ccc(C)cc4c3)cc2C(=O)N2CCc3ccccc3C2)c(C)c1Cl. The fourth-order valence-corrected chi connectivity index (χ4v) is 9.22. The predicted octanol–water partition coefficient (Wildman–Crippen LogP) is 11.0. The molecule has 1 aliphatic heterocycles. The van der Waals surface area contributed by atoms with Gasteiger partial charge in [-0.1, -0.05) is 125 Å². The van der Waals surface area contributed by atoms with E-state index in [1.165, 1.54) is 11.6 Å². The highest BCUT2D eigenvalue weighted by molar-refractivity contribution is 7.83. The highest BCUT2D eigenvalue weighted by Crippen LogP contribution is 2.35. The number of fused-ring (bicyclic) bond motifs is 2. The van der Waals surface area contributed by atoms with Crippen molar-refractivity contribution in [2.24, 2.45) is 5.41 Å². The van der Waals surface area contributed by atoms with E-state index in [0.29, 0.717) is 48.9 Å². The third kappa shape index (κ3) is 10.4. The molecule has 1 N–H and O–H groups in total. The summed E-state index contributed by atoms with van der Waals surface area (Å²) in [5.74, 6) is -1.11. The number of hydrogen-bond acceptors (Lipinski definition) is 5. The van der Waals surface area contributed by atoms with Crippen molar-refractivity contribution in [1.82, 2.24) is 24.3 Å². The van der Waals surface area contributed by atoms with Gasteiger partial charge in [-0.2, -0.15) is 5.10 Å². The normalized spacial score (nSPS) is 13.3. The Balaban J connectivity index is 1.33. The monoisotopic (exact) mass is 849 g/mol. The Morgan fingerprint density at radius 1 is 0.833 bits per heavy atom. The average molecular weight is 851 g/mol. The van der Waals surface area contributed by atoms with Crippen LogP contribution in [0.15, 0.2) is 83.8 Å². The van der Waals surface area contributed by atoms with Gasteiger partial charge in [0.15, 0.2) is 16.7 Å². The van der Waals surface area contributed by atoms with Gasteiger partial charge in [-0.3, -0.25) is 19.1 Å². The largest absolute Gasteiger partial charge is 0.337 e. The highest BCUT2D eigenvalue weighted by atomic mass is 35.5. The zero-order chi connectivity index (χ0) is 43.0. The van der Waals surface area contributed by atoms with Gasteiger partial charge in [0.2, 0.25) is 0 Å². The van der Waals surface area contributed by atoms with E-state index in [0.717, 1.165) is 79.7 Å². The molecule has 0 aliphatic carbocycles. The van der Waals surface area contributed by atoms with E-state index < -0.39 is 16.9 Å². The molecule has 0 bridgehead atoms. The summed E-state index contributed by atoms with van der Waals surface area (Å²) >= 11 is 7.02. The standard InChI is InChI=1S/C49H60ClN5O4S/c1-7-10-24-49(6,25-11-8-2)26-29-53(27-12-9-3)48(58)45-44(50)35(5)55(51-45)43-22-20-38(32-42(43)47(57)54-28-23-36-15-13-14-16-39(36)33-54)46(56)52-60(59)41-21-19-37-18-17-34(4)30-40(37)31-41/h13-22,30-32H,7-12,23-29,33H2,1-6H3,(H,52,56). The molecule has 0 saturated heterocycles. The van der Waals surface area contributed by atoms with Crippen molar-refractivity contribution in [3.8, 4) is 5.69 Å². The molecule has 0 spiro atoms. The first-order valence-corrected chi connectivity index (χ1v) is 23.2. The van der Waals surface area contributed by atoms with Crippen LogP contribution in [0.4, 0.5) is 0 Å². The summed E-state index contributed by atoms with van der Waals surface area (Å²) in [5.41, 5.74) is 4.90. The van der Waals surface area contributed by atoms with Crippen LogP contribution in [0.3, 0.4) is 0 Å². The van der Waals surface area contributed by atoms with E-state index in [1.54, 1.807) is 34.7 Å². The van der Waals surface area contributed by atoms with Crippen LogP contribution in [0, 0.1) is 19.3 Å². The van der Waals surface area contributed by atoms with Gasteiger partial charge in [-0.05, 0) is 104 Å². The van der Waals surface area contributed by atoms with Gasteiger partial charge in [-0.15, -0.1) is 0 Å². The smallest absolute Gasteiger partial charge is 0.275 e. The van der Waals surface area contributed by atoms with E-state index in [4.69, 9.17) is 16.7 Å². The fourth-order valence-electron chi connectivity index (χ4n) is 8.19. The van der Waals surface area contributed by atoms with Crippen LogP contribution in [0.2, 0.25) is 5.02 Å². The lowest BCUT2D eigenvalue weighted by molar-refractivity contribution is 0.0712. The van der Waals surface area contributed by atoms with Crippen molar-refractivity contribution >= 4 is 51.1 Å². The first-order chi connectivity index (χ1) is 28.9. The van der Waals surface area contributed by atoms with Crippen molar-refractivity contribution in [3.63, 3.8) is 0 Å². The number of amides is 3. The van der Waals surface area contributed by atoms with Crippen molar-refractivity contribution < 1.29 is 18.6 Å². The predicted molar refractivity (Wildman–Crippen MR) is 243 cm³/mol. The zero-order valence-corrected chi connectivity index (χ0v) is 37.7. The van der Waals surface area contributed by atoms with Gasteiger partial charge in [0.1, 0.15) is 0 Å². The molecule has 3 amide bonds. The molecule has 60 heavy (non-hydrogen) atoms. The lowest BCUT2D eigenvalue weighted by Gasteiger charge is -2.33. The number of nitrogens with zero attached hydrogens (tertiary/aromatic N) is 4.